The lowest BCUT2D eigenvalue weighted by atomic mass is 10.0. The molecule has 0 bridgehead atoms. The molecule has 0 aromatic rings. The number of hydrogen-bond acceptors (Lipinski definition) is 2. The van der Waals surface area contributed by atoms with E-state index in [1.54, 1.807) is 0 Å². The van der Waals surface area contributed by atoms with Crippen molar-refractivity contribution in [2.45, 2.75) is 18.9 Å². The Morgan fingerprint density at radius 3 is 2.83 bits per heavy atom. The van der Waals surface area contributed by atoms with E-state index in [-0.39, 0.29) is 6.04 Å². The molecule has 1 amide bonds. The molecule has 1 saturated heterocycles. The van der Waals surface area contributed by atoms with Gasteiger partial charge in [0, 0.05) is 19.1 Å². The normalized spacial score (nSPS) is 39.1. The van der Waals surface area contributed by atoms with Gasteiger partial charge in [0.25, 0.3) is 0 Å². The third kappa shape index (κ3) is 1.16. The lowest BCUT2D eigenvalue weighted by molar-refractivity contribution is 0.106. The average Bonchev–Trinajstić information content (AvgIpc) is 2.79. The Bertz CT molecular complexity index is 207. The number of amides is 1. The predicted molar refractivity (Wildman–Crippen MR) is 43.8 cm³/mol. The van der Waals surface area contributed by atoms with Gasteiger partial charge in [0.2, 0.25) is 0 Å². The highest BCUT2D eigenvalue weighted by molar-refractivity contribution is 5.65. The molecule has 3 atom stereocenters. The first-order valence-electron chi connectivity index (χ1n) is 4.42. The minimum Gasteiger partial charge on any atom is -0.465 e. The second-order valence-corrected chi connectivity index (χ2v) is 3.82. The van der Waals surface area contributed by atoms with Crippen molar-refractivity contribution in [2.24, 2.45) is 17.6 Å². The topological polar surface area (TPSA) is 66.6 Å². The summed E-state index contributed by atoms with van der Waals surface area (Å²) in [7, 11) is 0. The molecule has 3 N–H and O–H groups in total. The maximum atomic E-state index is 10.8. The average molecular weight is 170 g/mol. The maximum absolute atomic E-state index is 10.8. The van der Waals surface area contributed by atoms with Crippen LogP contribution >= 0.6 is 0 Å². The van der Waals surface area contributed by atoms with Gasteiger partial charge >= 0.3 is 6.09 Å². The van der Waals surface area contributed by atoms with Gasteiger partial charge in [-0.05, 0) is 24.7 Å². The minimum atomic E-state index is -0.809. The fourth-order valence-corrected chi connectivity index (χ4v) is 2.16. The van der Waals surface area contributed by atoms with Gasteiger partial charge in [-0.15, -0.1) is 0 Å². The molecule has 2 fully saturated rings. The van der Waals surface area contributed by atoms with Crippen LogP contribution in [0, 0.1) is 11.8 Å². The Balaban J connectivity index is 2.03. The molecule has 0 aromatic carbocycles. The van der Waals surface area contributed by atoms with Crippen molar-refractivity contribution in [3.8, 4) is 0 Å². The number of rotatable bonds is 1. The van der Waals surface area contributed by atoms with Gasteiger partial charge in [0.15, 0.2) is 0 Å². The molecule has 1 aliphatic heterocycles. The van der Waals surface area contributed by atoms with Crippen LogP contribution in [0.3, 0.4) is 0 Å². The van der Waals surface area contributed by atoms with Crippen LogP contribution in [-0.4, -0.2) is 35.2 Å². The van der Waals surface area contributed by atoms with Crippen LogP contribution < -0.4 is 5.73 Å². The number of fused-ring (bicyclic) bond motifs is 1. The molecule has 1 aliphatic carbocycles. The zero-order chi connectivity index (χ0) is 8.72. The van der Waals surface area contributed by atoms with Gasteiger partial charge in [-0.2, -0.15) is 0 Å². The number of carbonyl (C=O) groups is 1. The highest BCUT2D eigenvalue weighted by Crippen LogP contribution is 2.46. The first-order chi connectivity index (χ1) is 5.72. The van der Waals surface area contributed by atoms with E-state index in [1.807, 2.05) is 0 Å². The van der Waals surface area contributed by atoms with Crippen molar-refractivity contribution < 1.29 is 9.90 Å². The van der Waals surface area contributed by atoms with Crippen LogP contribution in [0.5, 0.6) is 0 Å². The van der Waals surface area contributed by atoms with E-state index in [4.69, 9.17) is 10.8 Å². The Labute approximate surface area is 71.3 Å². The third-order valence-corrected chi connectivity index (χ3v) is 3.03. The van der Waals surface area contributed by atoms with E-state index < -0.39 is 6.09 Å². The summed E-state index contributed by atoms with van der Waals surface area (Å²) in [5.74, 6) is 1.41. The van der Waals surface area contributed by atoms with Gasteiger partial charge in [0.05, 0.1) is 0 Å². The van der Waals surface area contributed by atoms with Gasteiger partial charge < -0.3 is 15.7 Å². The van der Waals surface area contributed by atoms with Crippen LogP contribution in [0.1, 0.15) is 12.8 Å². The number of hydrogen-bond donors (Lipinski definition) is 2. The van der Waals surface area contributed by atoms with Crippen molar-refractivity contribution in [1.82, 2.24) is 4.90 Å². The lowest BCUT2D eigenvalue weighted by Crippen LogP contribution is -2.47. The lowest BCUT2D eigenvalue weighted by Gasteiger charge is -2.32. The van der Waals surface area contributed by atoms with Crippen molar-refractivity contribution in [3.63, 3.8) is 0 Å². The highest BCUT2D eigenvalue weighted by atomic mass is 16.4. The number of carboxylic acid groups (broad SMARTS) is 1. The van der Waals surface area contributed by atoms with E-state index in [9.17, 15) is 4.79 Å². The molecule has 12 heavy (non-hydrogen) atoms. The summed E-state index contributed by atoms with van der Waals surface area (Å²) >= 11 is 0. The highest BCUT2D eigenvalue weighted by Gasteiger charge is 2.46. The maximum Gasteiger partial charge on any atom is 0.407 e. The largest absolute Gasteiger partial charge is 0.465 e. The number of likely N-dealkylation sites (tertiary alicyclic amines) is 1. The van der Waals surface area contributed by atoms with Crippen molar-refractivity contribution in [2.75, 3.05) is 13.1 Å². The molecule has 4 nitrogen and oxygen atoms in total. The monoisotopic (exact) mass is 170 g/mol. The first kappa shape index (κ1) is 7.86. The molecule has 4 heteroatoms. The van der Waals surface area contributed by atoms with Crippen molar-refractivity contribution in [3.05, 3.63) is 0 Å². The molecule has 1 heterocycles. The standard InChI is InChI=1S/C8H14N2O2/c9-3-7-2-5-1-6(5)4-10(7)8(11)12/h5-7H,1-4,9H2,(H,11,12)/t5-,6+,7-/m0/s1. The van der Waals surface area contributed by atoms with Crippen molar-refractivity contribution in [1.29, 1.82) is 0 Å². The molecule has 0 aromatic heterocycles. The molecule has 1 saturated carbocycles. The summed E-state index contributed by atoms with van der Waals surface area (Å²) in [4.78, 5) is 12.3. The molecule has 68 valence electrons. The fraction of sp³-hybridized carbons (Fsp3) is 0.875. The SMILES string of the molecule is NC[C@@H]1C[C@@H]2C[C@@H]2CN1C(=O)O. The van der Waals surface area contributed by atoms with E-state index in [2.05, 4.69) is 0 Å². The molecule has 0 spiro atoms. The van der Waals surface area contributed by atoms with Gasteiger partial charge in [-0.25, -0.2) is 4.79 Å². The molecule has 2 rings (SSSR count). The molecule has 2 aliphatic rings. The molecular weight excluding hydrogens is 156 g/mol. The summed E-state index contributed by atoms with van der Waals surface area (Å²) in [6.45, 7) is 1.18. The summed E-state index contributed by atoms with van der Waals surface area (Å²) in [6, 6.07) is 0.0752. The van der Waals surface area contributed by atoms with Crippen LogP contribution in [0.25, 0.3) is 0 Å². The predicted octanol–water partition coefficient (Wildman–Crippen LogP) is 0.333. The fourth-order valence-electron chi connectivity index (χ4n) is 2.16. The van der Waals surface area contributed by atoms with Crippen molar-refractivity contribution >= 4 is 6.09 Å². The van der Waals surface area contributed by atoms with Crippen LogP contribution in [0.15, 0.2) is 0 Å². The number of nitrogens with two attached hydrogens (primary N) is 1. The Morgan fingerprint density at radius 1 is 1.50 bits per heavy atom. The summed E-state index contributed by atoms with van der Waals surface area (Å²) < 4.78 is 0. The minimum absolute atomic E-state index is 0.0752. The molecular formula is C8H14N2O2. The van der Waals surface area contributed by atoms with E-state index in [0.717, 1.165) is 12.3 Å². The van der Waals surface area contributed by atoms with Gasteiger partial charge in [-0.3, -0.25) is 0 Å². The number of piperidine rings is 1. The third-order valence-electron chi connectivity index (χ3n) is 3.03. The Morgan fingerprint density at radius 2 is 2.25 bits per heavy atom. The van der Waals surface area contributed by atoms with Gasteiger partial charge in [-0.1, -0.05) is 0 Å². The molecule has 0 radical (unpaired) electrons. The summed E-state index contributed by atoms with van der Waals surface area (Å²) in [5, 5.41) is 8.85. The second kappa shape index (κ2) is 2.62. The smallest absolute Gasteiger partial charge is 0.407 e. The van der Waals surface area contributed by atoms with Crippen LogP contribution in [-0.2, 0) is 0 Å². The summed E-state index contributed by atoms with van der Waals surface area (Å²) in [5.41, 5.74) is 5.51. The van der Waals surface area contributed by atoms with Crippen LogP contribution in [0.2, 0.25) is 0 Å². The molecule has 0 unspecified atom stereocenters. The summed E-state index contributed by atoms with van der Waals surface area (Å²) in [6.07, 6.45) is 1.38. The zero-order valence-corrected chi connectivity index (χ0v) is 6.94. The second-order valence-electron chi connectivity index (χ2n) is 3.82. The van der Waals surface area contributed by atoms with Crippen LogP contribution in [0.4, 0.5) is 4.79 Å². The zero-order valence-electron chi connectivity index (χ0n) is 6.94. The number of nitrogens with zero attached hydrogens (tertiary/aromatic N) is 1. The van der Waals surface area contributed by atoms with Gasteiger partial charge in [0.1, 0.15) is 0 Å². The van der Waals surface area contributed by atoms with E-state index in [1.165, 1.54) is 11.3 Å². The van der Waals surface area contributed by atoms with E-state index in [0.29, 0.717) is 19.0 Å². The van der Waals surface area contributed by atoms with E-state index >= 15 is 0 Å². The Hall–Kier alpha value is -0.770. The first-order valence-corrected chi connectivity index (χ1v) is 4.42. The quantitative estimate of drug-likeness (QED) is 0.596. The Kier molecular flexibility index (Phi) is 1.72.